The van der Waals surface area contributed by atoms with E-state index in [0.717, 1.165) is 11.8 Å². The van der Waals surface area contributed by atoms with Crippen molar-refractivity contribution >= 4 is 23.4 Å². The normalized spacial score (nSPS) is 10.5. The number of nitrogens with one attached hydrogen (secondary N) is 1. The summed E-state index contributed by atoms with van der Waals surface area (Å²) >= 11 is 1.06. The lowest BCUT2D eigenvalue weighted by molar-refractivity contribution is -0.113. The highest BCUT2D eigenvalue weighted by Crippen LogP contribution is 2.32. The first-order valence-electron chi connectivity index (χ1n) is 7.84. The minimum absolute atomic E-state index is 0.00189. The molecule has 1 aromatic heterocycles. The molecule has 1 heterocycles. The van der Waals surface area contributed by atoms with Gasteiger partial charge in [0.15, 0.2) is 11.5 Å². The highest BCUT2D eigenvalue weighted by molar-refractivity contribution is 7.99. The van der Waals surface area contributed by atoms with Gasteiger partial charge in [0.1, 0.15) is 5.82 Å². The Morgan fingerprint density at radius 3 is 2.67 bits per heavy atom. The summed E-state index contributed by atoms with van der Waals surface area (Å²) in [6, 6.07) is 11.1. The quantitative estimate of drug-likeness (QED) is 0.618. The number of benzene rings is 2. The molecule has 0 atom stereocenters. The van der Waals surface area contributed by atoms with E-state index in [2.05, 4.69) is 15.5 Å². The fourth-order valence-corrected chi connectivity index (χ4v) is 2.79. The molecule has 7 nitrogen and oxygen atoms in total. The van der Waals surface area contributed by atoms with Gasteiger partial charge in [-0.15, -0.1) is 10.2 Å². The Kier molecular flexibility index (Phi) is 5.92. The number of methoxy groups -OCH3 is 2. The summed E-state index contributed by atoms with van der Waals surface area (Å²) in [4.78, 5) is 11.9. The summed E-state index contributed by atoms with van der Waals surface area (Å²) < 4.78 is 29.5. The van der Waals surface area contributed by atoms with Crippen molar-refractivity contribution in [1.82, 2.24) is 10.2 Å². The summed E-state index contributed by atoms with van der Waals surface area (Å²) in [6.45, 7) is 0. The van der Waals surface area contributed by atoms with E-state index < -0.39 is 5.82 Å². The fourth-order valence-electron chi connectivity index (χ4n) is 2.23. The second kappa shape index (κ2) is 8.54. The third-order valence-corrected chi connectivity index (χ3v) is 4.33. The molecule has 0 radical (unpaired) electrons. The highest BCUT2D eigenvalue weighted by Gasteiger charge is 2.14. The number of carbonyl (C=O) groups is 1. The van der Waals surface area contributed by atoms with Crippen LogP contribution in [0.3, 0.4) is 0 Å². The second-order valence-electron chi connectivity index (χ2n) is 5.26. The van der Waals surface area contributed by atoms with Crippen LogP contribution < -0.4 is 14.8 Å². The number of hydrogen-bond donors (Lipinski definition) is 1. The molecule has 3 aromatic rings. The molecule has 0 aliphatic rings. The zero-order chi connectivity index (χ0) is 19.2. The van der Waals surface area contributed by atoms with Crippen molar-refractivity contribution in [3.63, 3.8) is 0 Å². The highest BCUT2D eigenvalue weighted by atomic mass is 32.2. The molecule has 0 aliphatic carbocycles. The van der Waals surface area contributed by atoms with E-state index in [-0.39, 0.29) is 28.5 Å². The molecule has 140 valence electrons. The number of aromatic nitrogens is 2. The molecule has 1 N–H and O–H groups in total. The van der Waals surface area contributed by atoms with Crippen LogP contribution in [0.5, 0.6) is 11.5 Å². The molecule has 2 aromatic carbocycles. The van der Waals surface area contributed by atoms with Crippen LogP contribution in [0.1, 0.15) is 0 Å². The monoisotopic (exact) mass is 389 g/mol. The van der Waals surface area contributed by atoms with Crippen molar-refractivity contribution in [3.05, 3.63) is 48.3 Å². The number of ether oxygens (including phenoxy) is 2. The maximum absolute atomic E-state index is 13.5. The van der Waals surface area contributed by atoms with Gasteiger partial charge in [0.2, 0.25) is 11.8 Å². The molecular formula is C18H16FN3O4S. The predicted octanol–water partition coefficient (Wildman–Crippen LogP) is 3.62. The number of para-hydroxylation sites is 1. The van der Waals surface area contributed by atoms with E-state index in [1.165, 1.54) is 19.2 Å². The first-order chi connectivity index (χ1) is 13.1. The molecule has 0 bridgehead atoms. The van der Waals surface area contributed by atoms with E-state index in [4.69, 9.17) is 13.9 Å². The first kappa shape index (κ1) is 18.7. The number of hydrogen-bond acceptors (Lipinski definition) is 7. The molecular weight excluding hydrogens is 373 g/mol. The molecule has 9 heteroatoms. The minimum Gasteiger partial charge on any atom is -0.493 e. The van der Waals surface area contributed by atoms with Crippen molar-refractivity contribution in [3.8, 4) is 23.0 Å². The van der Waals surface area contributed by atoms with Gasteiger partial charge < -0.3 is 19.2 Å². The Hall–Kier alpha value is -3.07. The molecule has 27 heavy (non-hydrogen) atoms. The van der Waals surface area contributed by atoms with Gasteiger partial charge in [-0.25, -0.2) is 4.39 Å². The number of rotatable bonds is 7. The van der Waals surface area contributed by atoms with Crippen molar-refractivity contribution < 1.29 is 23.1 Å². The lowest BCUT2D eigenvalue weighted by atomic mass is 10.2. The molecule has 0 saturated carbocycles. The standard InChI is InChI=1S/C18H16FN3O4S/c1-24-14-8-7-11(9-15(14)25-2)17-21-22-18(26-17)27-10-16(23)20-13-6-4-3-5-12(13)19/h3-9H,10H2,1-2H3,(H,20,23). The third kappa shape index (κ3) is 4.56. The fraction of sp³-hybridized carbons (Fsp3) is 0.167. The number of halogens is 1. The Morgan fingerprint density at radius 1 is 1.15 bits per heavy atom. The van der Waals surface area contributed by atoms with Crippen LogP contribution in [0.2, 0.25) is 0 Å². The Balaban J connectivity index is 1.63. The van der Waals surface area contributed by atoms with Crippen molar-refractivity contribution in [1.29, 1.82) is 0 Å². The summed E-state index contributed by atoms with van der Waals surface area (Å²) in [5.74, 6) is 0.530. The van der Waals surface area contributed by atoms with Gasteiger partial charge in [-0.3, -0.25) is 4.79 Å². The molecule has 0 spiro atoms. The molecule has 1 amide bonds. The van der Waals surface area contributed by atoms with E-state index in [1.54, 1.807) is 37.4 Å². The first-order valence-corrected chi connectivity index (χ1v) is 8.82. The van der Waals surface area contributed by atoms with E-state index in [1.807, 2.05) is 0 Å². The lowest BCUT2D eigenvalue weighted by Crippen LogP contribution is -2.14. The van der Waals surface area contributed by atoms with Crippen LogP contribution in [-0.2, 0) is 4.79 Å². The maximum atomic E-state index is 13.5. The van der Waals surface area contributed by atoms with Crippen molar-refractivity contribution in [2.24, 2.45) is 0 Å². The van der Waals surface area contributed by atoms with Crippen molar-refractivity contribution in [2.75, 3.05) is 25.3 Å². The van der Waals surface area contributed by atoms with Gasteiger partial charge in [-0.2, -0.15) is 0 Å². The van der Waals surface area contributed by atoms with Crippen LogP contribution in [0.4, 0.5) is 10.1 Å². The minimum atomic E-state index is -0.496. The largest absolute Gasteiger partial charge is 0.493 e. The van der Waals surface area contributed by atoms with Crippen LogP contribution in [0, 0.1) is 5.82 Å². The van der Waals surface area contributed by atoms with Crippen molar-refractivity contribution in [2.45, 2.75) is 5.22 Å². The topological polar surface area (TPSA) is 86.5 Å². The maximum Gasteiger partial charge on any atom is 0.277 e. The SMILES string of the molecule is COc1ccc(-c2nnc(SCC(=O)Nc3ccccc3F)o2)cc1OC. The number of thioether (sulfide) groups is 1. The van der Waals surface area contributed by atoms with Gasteiger partial charge >= 0.3 is 0 Å². The van der Waals surface area contributed by atoms with Crippen LogP contribution in [0.15, 0.2) is 52.1 Å². The molecule has 3 rings (SSSR count). The number of anilines is 1. The summed E-state index contributed by atoms with van der Waals surface area (Å²) in [5, 5.41) is 10.6. The molecule has 0 unspecified atom stereocenters. The number of amides is 1. The van der Waals surface area contributed by atoms with E-state index >= 15 is 0 Å². The van der Waals surface area contributed by atoms with Crippen LogP contribution >= 0.6 is 11.8 Å². The summed E-state index contributed by atoms with van der Waals surface area (Å²) in [7, 11) is 3.08. The van der Waals surface area contributed by atoms with Gasteiger partial charge in [-0.1, -0.05) is 23.9 Å². The second-order valence-corrected chi connectivity index (χ2v) is 6.19. The zero-order valence-corrected chi connectivity index (χ0v) is 15.4. The Labute approximate surface area is 158 Å². The average Bonchev–Trinajstić information content (AvgIpc) is 3.16. The van der Waals surface area contributed by atoms with Gasteiger partial charge in [-0.05, 0) is 30.3 Å². The summed E-state index contributed by atoms with van der Waals surface area (Å²) in [5.41, 5.74) is 0.780. The number of nitrogens with zero attached hydrogens (tertiary/aromatic N) is 2. The Morgan fingerprint density at radius 2 is 1.93 bits per heavy atom. The lowest BCUT2D eigenvalue weighted by Gasteiger charge is -2.07. The smallest absolute Gasteiger partial charge is 0.277 e. The van der Waals surface area contributed by atoms with Crippen LogP contribution in [0.25, 0.3) is 11.5 Å². The third-order valence-electron chi connectivity index (χ3n) is 3.51. The zero-order valence-electron chi connectivity index (χ0n) is 14.6. The molecule has 0 saturated heterocycles. The number of carbonyl (C=O) groups excluding carboxylic acids is 1. The molecule has 0 aliphatic heterocycles. The Bertz CT molecular complexity index is 948. The van der Waals surface area contributed by atoms with Gasteiger partial charge in [0.25, 0.3) is 5.22 Å². The van der Waals surface area contributed by atoms with Gasteiger partial charge in [0, 0.05) is 5.56 Å². The van der Waals surface area contributed by atoms with E-state index in [0.29, 0.717) is 17.1 Å². The summed E-state index contributed by atoms with van der Waals surface area (Å²) in [6.07, 6.45) is 0. The van der Waals surface area contributed by atoms with E-state index in [9.17, 15) is 9.18 Å². The van der Waals surface area contributed by atoms with Gasteiger partial charge in [0.05, 0.1) is 25.7 Å². The molecule has 0 fully saturated rings. The average molecular weight is 389 g/mol. The predicted molar refractivity (Wildman–Crippen MR) is 98.6 cm³/mol. The van der Waals surface area contributed by atoms with Crippen LogP contribution in [-0.4, -0.2) is 36.1 Å².